The molecule has 4 heteroatoms. The van der Waals surface area contributed by atoms with Gasteiger partial charge in [0.05, 0.1) is 13.2 Å². The van der Waals surface area contributed by atoms with Crippen LogP contribution in [-0.2, 0) is 0 Å². The monoisotopic (exact) mass is 287 g/mol. The van der Waals surface area contributed by atoms with Crippen LogP contribution in [0, 0.1) is 12.3 Å². The van der Waals surface area contributed by atoms with Gasteiger partial charge in [-0.3, -0.25) is 0 Å². The van der Waals surface area contributed by atoms with Gasteiger partial charge in [-0.15, -0.1) is 0 Å². The molecule has 0 aliphatic carbocycles. The van der Waals surface area contributed by atoms with Gasteiger partial charge in [-0.2, -0.15) is 0 Å². The molecule has 0 saturated heterocycles. The molecule has 0 unspecified atom stereocenters. The van der Waals surface area contributed by atoms with Gasteiger partial charge in [0, 0.05) is 22.1 Å². The Morgan fingerprint density at radius 1 is 1.31 bits per heavy atom. The Kier molecular flexibility index (Phi) is 4.77. The van der Waals surface area contributed by atoms with Gasteiger partial charge < -0.3 is 15.5 Å². The van der Waals surface area contributed by atoms with Gasteiger partial charge in [-0.05, 0) is 30.7 Å². The summed E-state index contributed by atoms with van der Waals surface area (Å²) in [5.74, 6) is 0. The summed E-state index contributed by atoms with van der Waals surface area (Å²) >= 11 is 3.44. The van der Waals surface area contributed by atoms with Gasteiger partial charge in [-0.1, -0.05) is 22.9 Å². The van der Waals surface area contributed by atoms with Crippen LogP contribution in [0.4, 0.5) is 5.69 Å². The van der Waals surface area contributed by atoms with Gasteiger partial charge in [-0.25, -0.2) is 0 Å². The summed E-state index contributed by atoms with van der Waals surface area (Å²) in [4.78, 5) is 0. The SMILES string of the molecule is Cc1cc(NCC(C)(CO)CO)ccc1Br. The van der Waals surface area contributed by atoms with Crippen molar-refractivity contribution in [2.24, 2.45) is 5.41 Å². The van der Waals surface area contributed by atoms with Crippen molar-refractivity contribution in [2.75, 3.05) is 25.1 Å². The van der Waals surface area contributed by atoms with E-state index >= 15 is 0 Å². The third kappa shape index (κ3) is 3.47. The summed E-state index contributed by atoms with van der Waals surface area (Å²) in [7, 11) is 0. The van der Waals surface area contributed by atoms with E-state index in [4.69, 9.17) is 10.2 Å². The molecule has 0 radical (unpaired) electrons. The summed E-state index contributed by atoms with van der Waals surface area (Å²) < 4.78 is 1.07. The topological polar surface area (TPSA) is 52.5 Å². The maximum atomic E-state index is 9.15. The summed E-state index contributed by atoms with van der Waals surface area (Å²) in [5.41, 5.74) is 1.66. The van der Waals surface area contributed by atoms with Crippen LogP contribution in [0.1, 0.15) is 12.5 Å². The number of rotatable bonds is 5. The number of nitrogens with one attached hydrogen (secondary N) is 1. The van der Waals surface area contributed by atoms with E-state index in [2.05, 4.69) is 21.2 Å². The molecule has 0 aliphatic rings. The van der Waals surface area contributed by atoms with Crippen LogP contribution in [0.5, 0.6) is 0 Å². The summed E-state index contributed by atoms with van der Waals surface area (Å²) in [6, 6.07) is 5.97. The molecule has 0 saturated carbocycles. The largest absolute Gasteiger partial charge is 0.396 e. The van der Waals surface area contributed by atoms with E-state index in [1.165, 1.54) is 0 Å². The lowest BCUT2D eigenvalue weighted by Crippen LogP contribution is -2.34. The second-order valence-electron chi connectivity index (χ2n) is 4.44. The molecule has 1 rings (SSSR count). The molecule has 0 bridgehead atoms. The zero-order valence-electron chi connectivity index (χ0n) is 9.63. The van der Waals surface area contributed by atoms with E-state index in [9.17, 15) is 0 Å². The van der Waals surface area contributed by atoms with Crippen molar-refractivity contribution in [1.29, 1.82) is 0 Å². The van der Waals surface area contributed by atoms with Crippen molar-refractivity contribution in [1.82, 2.24) is 0 Å². The maximum absolute atomic E-state index is 9.15. The second kappa shape index (κ2) is 5.66. The highest BCUT2D eigenvalue weighted by Crippen LogP contribution is 2.21. The Balaban J connectivity index is 2.64. The molecule has 90 valence electrons. The maximum Gasteiger partial charge on any atom is 0.0523 e. The third-order valence-corrected chi connectivity index (χ3v) is 3.53. The number of benzene rings is 1. The minimum atomic E-state index is -0.485. The minimum Gasteiger partial charge on any atom is -0.396 e. The van der Waals surface area contributed by atoms with Crippen molar-refractivity contribution in [3.63, 3.8) is 0 Å². The first kappa shape index (κ1) is 13.5. The van der Waals surface area contributed by atoms with Crippen molar-refractivity contribution < 1.29 is 10.2 Å². The zero-order chi connectivity index (χ0) is 12.2. The van der Waals surface area contributed by atoms with Gasteiger partial charge in [0.1, 0.15) is 0 Å². The molecular weight excluding hydrogens is 270 g/mol. The Labute approximate surface area is 105 Å². The molecule has 0 atom stereocenters. The van der Waals surface area contributed by atoms with Gasteiger partial charge in [0.15, 0.2) is 0 Å². The molecule has 0 amide bonds. The molecule has 1 aromatic rings. The average molecular weight is 288 g/mol. The lowest BCUT2D eigenvalue weighted by molar-refractivity contribution is 0.0806. The standard InChI is InChI=1S/C12H18BrNO2/c1-9-5-10(3-4-11(9)13)14-6-12(2,7-15)8-16/h3-5,14-16H,6-8H2,1-2H3. The van der Waals surface area contributed by atoms with Crippen LogP contribution >= 0.6 is 15.9 Å². The first-order chi connectivity index (χ1) is 7.50. The fourth-order valence-electron chi connectivity index (χ4n) is 1.23. The van der Waals surface area contributed by atoms with Crippen molar-refractivity contribution in [3.8, 4) is 0 Å². The lowest BCUT2D eigenvalue weighted by atomic mass is 9.93. The fraction of sp³-hybridized carbons (Fsp3) is 0.500. The molecule has 3 nitrogen and oxygen atoms in total. The Morgan fingerprint density at radius 2 is 1.94 bits per heavy atom. The molecule has 0 fully saturated rings. The van der Waals surface area contributed by atoms with Gasteiger partial charge in [0.2, 0.25) is 0 Å². The minimum absolute atomic E-state index is 0.0357. The number of halogens is 1. The summed E-state index contributed by atoms with van der Waals surface area (Å²) in [6.45, 7) is 4.33. The first-order valence-electron chi connectivity index (χ1n) is 5.22. The Morgan fingerprint density at radius 3 is 2.44 bits per heavy atom. The predicted molar refractivity (Wildman–Crippen MR) is 69.6 cm³/mol. The van der Waals surface area contributed by atoms with E-state index < -0.39 is 5.41 Å². The molecule has 1 aromatic carbocycles. The second-order valence-corrected chi connectivity index (χ2v) is 5.30. The van der Waals surface area contributed by atoms with Crippen LogP contribution in [0.3, 0.4) is 0 Å². The summed E-state index contributed by atoms with van der Waals surface area (Å²) in [5, 5.41) is 21.5. The molecule has 3 N–H and O–H groups in total. The van der Waals surface area contributed by atoms with E-state index in [-0.39, 0.29) is 13.2 Å². The molecule has 0 aliphatic heterocycles. The predicted octanol–water partition coefficient (Wildman–Crippen LogP) is 2.16. The van der Waals surface area contributed by atoms with Crippen LogP contribution in [-0.4, -0.2) is 30.0 Å². The van der Waals surface area contributed by atoms with Crippen molar-refractivity contribution >= 4 is 21.6 Å². The highest BCUT2D eigenvalue weighted by Gasteiger charge is 2.21. The number of aryl methyl sites for hydroxylation is 1. The Hall–Kier alpha value is -0.580. The van der Waals surface area contributed by atoms with Gasteiger partial charge >= 0.3 is 0 Å². The third-order valence-electron chi connectivity index (χ3n) is 2.64. The van der Waals surface area contributed by atoms with E-state index in [1.807, 2.05) is 32.0 Å². The van der Waals surface area contributed by atoms with E-state index in [1.54, 1.807) is 0 Å². The zero-order valence-corrected chi connectivity index (χ0v) is 11.2. The number of aliphatic hydroxyl groups is 2. The van der Waals surface area contributed by atoms with Crippen LogP contribution in [0.25, 0.3) is 0 Å². The molecule has 0 heterocycles. The highest BCUT2D eigenvalue weighted by molar-refractivity contribution is 9.10. The number of hydrogen-bond acceptors (Lipinski definition) is 3. The molecular formula is C12H18BrNO2. The van der Waals surface area contributed by atoms with E-state index in [0.29, 0.717) is 6.54 Å². The fourth-order valence-corrected chi connectivity index (χ4v) is 1.48. The number of aliphatic hydroxyl groups excluding tert-OH is 2. The molecule has 0 aromatic heterocycles. The smallest absolute Gasteiger partial charge is 0.0523 e. The van der Waals surface area contributed by atoms with E-state index in [0.717, 1.165) is 15.7 Å². The average Bonchev–Trinajstić information content (AvgIpc) is 2.30. The Bertz CT molecular complexity index is 351. The van der Waals surface area contributed by atoms with Crippen molar-refractivity contribution in [3.05, 3.63) is 28.2 Å². The number of hydrogen-bond donors (Lipinski definition) is 3. The molecule has 0 spiro atoms. The van der Waals surface area contributed by atoms with Crippen LogP contribution in [0.15, 0.2) is 22.7 Å². The van der Waals surface area contributed by atoms with Crippen LogP contribution in [0.2, 0.25) is 0 Å². The van der Waals surface area contributed by atoms with Crippen LogP contribution < -0.4 is 5.32 Å². The quantitative estimate of drug-likeness (QED) is 0.778. The van der Waals surface area contributed by atoms with Gasteiger partial charge in [0.25, 0.3) is 0 Å². The van der Waals surface area contributed by atoms with Crippen molar-refractivity contribution in [2.45, 2.75) is 13.8 Å². The lowest BCUT2D eigenvalue weighted by Gasteiger charge is -2.25. The number of anilines is 1. The normalized spacial score (nSPS) is 11.6. The highest BCUT2D eigenvalue weighted by atomic mass is 79.9. The summed E-state index contributed by atoms with van der Waals surface area (Å²) in [6.07, 6.45) is 0. The molecule has 16 heavy (non-hydrogen) atoms. The first-order valence-corrected chi connectivity index (χ1v) is 6.02.